The van der Waals surface area contributed by atoms with Gasteiger partial charge in [0.2, 0.25) is 5.91 Å². The van der Waals surface area contributed by atoms with E-state index in [0.717, 1.165) is 38.5 Å². The molecular weight excluding hydrogens is 527 g/mol. The van der Waals surface area contributed by atoms with Crippen molar-refractivity contribution in [2.24, 2.45) is 0 Å². The van der Waals surface area contributed by atoms with Gasteiger partial charge in [-0.3, -0.25) is 13.8 Å². The van der Waals surface area contributed by atoms with Gasteiger partial charge in [0.25, 0.3) is 0 Å². The molecule has 0 rings (SSSR count). The number of aliphatic hydroxyl groups is 1. The van der Waals surface area contributed by atoms with Gasteiger partial charge in [0.15, 0.2) is 0 Å². The summed E-state index contributed by atoms with van der Waals surface area (Å²) in [6.45, 7) is 4.71. The number of allylic oxidation sites excluding steroid dienone is 1. The number of phosphoric acid groups is 1. The third kappa shape index (κ3) is 26.2. The van der Waals surface area contributed by atoms with Gasteiger partial charge in [-0.15, -0.1) is 0 Å². The second kappa shape index (κ2) is 24.8. The van der Waals surface area contributed by atoms with E-state index < -0.39 is 20.0 Å². The molecule has 1 amide bonds. The van der Waals surface area contributed by atoms with Crippen molar-refractivity contribution in [1.82, 2.24) is 5.32 Å². The predicted molar refractivity (Wildman–Crippen MR) is 166 cm³/mol. The standard InChI is InChI=1S/C31H63N2O6P/c1-6-8-10-12-14-15-16-17-19-20-22-24-30(34)29(28-39-40(36,37)38-27-26-33(3,4)5)32-31(35)25-23-21-18-13-11-9-7-2/h22,24,29-30,34H,6-21,23,25-28H2,1-5H3,(H-,32,35,36,37)/p+1/b24-22+. The Morgan fingerprint density at radius 3 is 1.85 bits per heavy atom. The highest BCUT2D eigenvalue weighted by atomic mass is 31.2. The molecule has 0 bridgehead atoms. The normalized spacial score (nSPS) is 15.3. The Morgan fingerprint density at radius 1 is 0.825 bits per heavy atom. The van der Waals surface area contributed by atoms with Crippen LogP contribution in [0.15, 0.2) is 12.2 Å². The number of unbranched alkanes of at least 4 members (excludes halogenated alkanes) is 15. The van der Waals surface area contributed by atoms with Crippen LogP contribution in [-0.4, -0.2) is 73.4 Å². The monoisotopic (exact) mass is 591 g/mol. The van der Waals surface area contributed by atoms with Crippen LogP contribution in [0.1, 0.15) is 129 Å². The summed E-state index contributed by atoms with van der Waals surface area (Å²) in [5, 5.41) is 13.6. The number of hydrogen-bond acceptors (Lipinski definition) is 5. The average molecular weight is 592 g/mol. The lowest BCUT2D eigenvalue weighted by molar-refractivity contribution is -0.870. The van der Waals surface area contributed by atoms with Crippen molar-refractivity contribution in [3.05, 3.63) is 12.2 Å². The summed E-state index contributed by atoms with van der Waals surface area (Å²) in [6.07, 6.45) is 22.8. The summed E-state index contributed by atoms with van der Waals surface area (Å²) in [5.74, 6) is -0.188. The lowest BCUT2D eigenvalue weighted by Crippen LogP contribution is -2.45. The first-order chi connectivity index (χ1) is 19.0. The van der Waals surface area contributed by atoms with Crippen molar-refractivity contribution in [2.75, 3.05) is 40.9 Å². The highest BCUT2D eigenvalue weighted by Crippen LogP contribution is 2.43. The van der Waals surface area contributed by atoms with Crippen LogP contribution >= 0.6 is 7.82 Å². The van der Waals surface area contributed by atoms with Crippen LogP contribution < -0.4 is 5.32 Å². The van der Waals surface area contributed by atoms with Crippen LogP contribution in [0.25, 0.3) is 0 Å². The lowest BCUT2D eigenvalue weighted by Gasteiger charge is -2.25. The third-order valence-corrected chi connectivity index (χ3v) is 7.99. The largest absolute Gasteiger partial charge is 0.472 e. The van der Waals surface area contributed by atoms with Crippen molar-refractivity contribution in [2.45, 2.75) is 142 Å². The molecule has 0 saturated heterocycles. The SMILES string of the molecule is CCCCCCCCCCC/C=C/C(O)C(COP(=O)(O)OCC[N+](C)(C)C)NC(=O)CCCCCCCCC. The first-order valence-electron chi connectivity index (χ1n) is 16.1. The second-order valence-electron chi connectivity index (χ2n) is 12.2. The van der Waals surface area contributed by atoms with Gasteiger partial charge < -0.3 is 19.8 Å². The van der Waals surface area contributed by atoms with Gasteiger partial charge in [0.05, 0.1) is 39.9 Å². The first-order valence-corrected chi connectivity index (χ1v) is 17.6. The predicted octanol–water partition coefficient (Wildman–Crippen LogP) is 7.29. The van der Waals surface area contributed by atoms with E-state index in [-0.39, 0.29) is 19.1 Å². The first kappa shape index (κ1) is 39.2. The number of rotatable bonds is 28. The van der Waals surface area contributed by atoms with Crippen LogP contribution in [0.3, 0.4) is 0 Å². The molecule has 0 aromatic rings. The van der Waals surface area contributed by atoms with Crippen LogP contribution in [0.4, 0.5) is 0 Å². The van der Waals surface area contributed by atoms with E-state index in [1.54, 1.807) is 6.08 Å². The molecule has 0 fully saturated rings. The second-order valence-corrected chi connectivity index (χ2v) is 13.6. The molecule has 0 aliphatic rings. The summed E-state index contributed by atoms with van der Waals surface area (Å²) in [5.41, 5.74) is 0. The van der Waals surface area contributed by atoms with Crippen molar-refractivity contribution in [3.63, 3.8) is 0 Å². The highest BCUT2D eigenvalue weighted by Gasteiger charge is 2.27. The van der Waals surface area contributed by atoms with E-state index in [9.17, 15) is 19.4 Å². The summed E-state index contributed by atoms with van der Waals surface area (Å²) in [7, 11) is 1.57. The van der Waals surface area contributed by atoms with Crippen molar-refractivity contribution >= 4 is 13.7 Å². The van der Waals surface area contributed by atoms with Crippen LogP contribution in [0, 0.1) is 0 Å². The van der Waals surface area contributed by atoms with Crippen molar-refractivity contribution in [3.8, 4) is 0 Å². The molecule has 3 unspecified atom stereocenters. The number of aliphatic hydroxyl groups excluding tert-OH is 1. The zero-order valence-corrected chi connectivity index (χ0v) is 27.5. The Morgan fingerprint density at radius 2 is 1.32 bits per heavy atom. The summed E-state index contributed by atoms with van der Waals surface area (Å²) in [6, 6.07) is -0.834. The number of carbonyl (C=O) groups excluding carboxylic acids is 1. The van der Waals surface area contributed by atoms with Crippen LogP contribution in [0.5, 0.6) is 0 Å². The molecule has 0 aliphatic carbocycles. The summed E-state index contributed by atoms with van der Waals surface area (Å²) in [4.78, 5) is 22.7. The molecule has 0 aromatic heterocycles. The third-order valence-electron chi connectivity index (χ3n) is 7.01. The topological polar surface area (TPSA) is 105 Å². The molecule has 40 heavy (non-hydrogen) atoms. The van der Waals surface area contributed by atoms with Crippen LogP contribution in [0.2, 0.25) is 0 Å². The molecule has 0 radical (unpaired) electrons. The molecule has 0 aromatic carbocycles. The number of nitrogens with zero attached hydrogens (tertiary/aromatic N) is 1. The fourth-order valence-corrected chi connectivity index (χ4v) is 5.07. The number of likely N-dealkylation sites (N-methyl/N-ethyl adjacent to an activating group) is 1. The minimum atomic E-state index is -4.31. The Balaban J connectivity index is 4.66. The molecule has 9 heteroatoms. The lowest BCUT2D eigenvalue weighted by atomic mass is 10.1. The fourth-order valence-electron chi connectivity index (χ4n) is 4.33. The van der Waals surface area contributed by atoms with E-state index in [2.05, 4.69) is 19.2 Å². The molecule has 238 valence electrons. The minimum Gasteiger partial charge on any atom is -0.387 e. The van der Waals surface area contributed by atoms with Gasteiger partial charge in [0.1, 0.15) is 13.2 Å². The van der Waals surface area contributed by atoms with E-state index in [0.29, 0.717) is 17.4 Å². The van der Waals surface area contributed by atoms with Gasteiger partial charge in [-0.25, -0.2) is 4.57 Å². The number of carbonyl (C=O) groups is 1. The zero-order chi connectivity index (χ0) is 30.1. The van der Waals surface area contributed by atoms with Gasteiger partial charge in [0, 0.05) is 6.42 Å². The smallest absolute Gasteiger partial charge is 0.387 e. The minimum absolute atomic E-state index is 0.0632. The highest BCUT2D eigenvalue weighted by molar-refractivity contribution is 7.47. The maximum atomic E-state index is 12.6. The molecule has 0 aliphatic heterocycles. The molecule has 0 spiro atoms. The fraction of sp³-hybridized carbons (Fsp3) is 0.903. The molecule has 0 heterocycles. The summed E-state index contributed by atoms with van der Waals surface area (Å²) < 4.78 is 23.2. The Hall–Kier alpha value is -0.760. The molecule has 8 nitrogen and oxygen atoms in total. The average Bonchev–Trinajstić information content (AvgIpc) is 2.88. The van der Waals surface area contributed by atoms with E-state index in [1.165, 1.54) is 70.6 Å². The van der Waals surface area contributed by atoms with Crippen molar-refractivity contribution in [1.29, 1.82) is 0 Å². The Labute approximate surface area is 246 Å². The van der Waals surface area contributed by atoms with E-state index >= 15 is 0 Å². The van der Waals surface area contributed by atoms with Gasteiger partial charge in [-0.2, -0.15) is 0 Å². The van der Waals surface area contributed by atoms with Gasteiger partial charge in [-0.1, -0.05) is 116 Å². The Bertz CT molecular complexity index is 683. The molecule has 0 saturated carbocycles. The quantitative estimate of drug-likeness (QED) is 0.0382. The Kier molecular flexibility index (Phi) is 24.3. The zero-order valence-electron chi connectivity index (χ0n) is 26.6. The maximum Gasteiger partial charge on any atom is 0.472 e. The number of amides is 1. The van der Waals surface area contributed by atoms with E-state index in [4.69, 9.17) is 9.05 Å². The van der Waals surface area contributed by atoms with Crippen LogP contribution in [-0.2, 0) is 18.4 Å². The molecule has 3 atom stereocenters. The van der Waals surface area contributed by atoms with Gasteiger partial charge >= 0.3 is 7.82 Å². The van der Waals surface area contributed by atoms with Gasteiger partial charge in [-0.05, 0) is 19.3 Å². The number of quaternary nitrogens is 1. The maximum absolute atomic E-state index is 12.6. The molecule has 3 N–H and O–H groups in total. The number of nitrogens with one attached hydrogen (secondary N) is 1. The summed E-state index contributed by atoms with van der Waals surface area (Å²) >= 11 is 0. The van der Waals surface area contributed by atoms with E-state index in [1.807, 2.05) is 27.2 Å². The number of phosphoric ester groups is 1. The number of hydrogen-bond donors (Lipinski definition) is 3. The molecular formula is C31H64N2O6P+. The van der Waals surface area contributed by atoms with Crippen molar-refractivity contribution < 1.29 is 32.9 Å².